The summed E-state index contributed by atoms with van der Waals surface area (Å²) in [6.45, 7) is 4.14. The van der Waals surface area contributed by atoms with Crippen LogP contribution in [0, 0.1) is 13.8 Å². The Morgan fingerprint density at radius 1 is 0.907 bits per heavy atom. The highest BCUT2D eigenvalue weighted by atomic mass is 35.5. The van der Waals surface area contributed by atoms with Crippen molar-refractivity contribution in [2.24, 2.45) is 0 Å². The number of rotatable bonds is 3. The smallest absolute Gasteiger partial charge is 0.297 e. The minimum atomic E-state index is -1.82. The minimum Gasteiger partial charge on any atom is -0.450 e. The molecular formula is C34H22ClN3O4S. The van der Waals surface area contributed by atoms with Gasteiger partial charge in [-0.05, 0) is 55.8 Å². The predicted molar refractivity (Wildman–Crippen MR) is 168 cm³/mol. The summed E-state index contributed by atoms with van der Waals surface area (Å²) in [6.07, 6.45) is 0. The fourth-order valence-corrected chi connectivity index (χ4v) is 7.58. The van der Waals surface area contributed by atoms with Gasteiger partial charge >= 0.3 is 0 Å². The summed E-state index contributed by atoms with van der Waals surface area (Å²) in [5.41, 5.74) is 2.70. The summed E-state index contributed by atoms with van der Waals surface area (Å²) in [5, 5.41) is 1.11. The van der Waals surface area contributed by atoms with Crippen LogP contribution in [0.25, 0.3) is 21.2 Å². The molecule has 1 unspecified atom stereocenters. The highest BCUT2D eigenvalue weighted by Crippen LogP contribution is 2.55. The second kappa shape index (κ2) is 9.10. The van der Waals surface area contributed by atoms with Crippen molar-refractivity contribution in [3.05, 3.63) is 134 Å². The maximum atomic E-state index is 15.1. The van der Waals surface area contributed by atoms with Gasteiger partial charge in [-0.1, -0.05) is 82.6 Å². The zero-order valence-electron chi connectivity index (χ0n) is 23.1. The van der Waals surface area contributed by atoms with Crippen molar-refractivity contribution < 1.29 is 14.0 Å². The Morgan fingerprint density at radius 3 is 2.49 bits per heavy atom. The maximum Gasteiger partial charge on any atom is 0.297 e. The third-order valence-corrected chi connectivity index (χ3v) is 9.51. The fourth-order valence-electron chi connectivity index (χ4n) is 6.29. The van der Waals surface area contributed by atoms with Gasteiger partial charge in [-0.2, -0.15) is 0 Å². The van der Waals surface area contributed by atoms with E-state index in [1.807, 2.05) is 68.4 Å². The van der Waals surface area contributed by atoms with Gasteiger partial charge in [0.05, 0.1) is 33.4 Å². The van der Waals surface area contributed by atoms with Crippen molar-refractivity contribution in [1.82, 2.24) is 4.98 Å². The van der Waals surface area contributed by atoms with E-state index in [1.54, 1.807) is 35.2 Å². The minimum absolute atomic E-state index is 0.0109. The van der Waals surface area contributed by atoms with Crippen LogP contribution in [0.5, 0.6) is 0 Å². The Labute approximate surface area is 254 Å². The molecule has 6 aromatic rings. The van der Waals surface area contributed by atoms with E-state index in [2.05, 4.69) is 0 Å². The van der Waals surface area contributed by atoms with Crippen LogP contribution in [-0.4, -0.2) is 16.8 Å². The lowest BCUT2D eigenvalue weighted by Crippen LogP contribution is -2.53. The molecule has 2 amide bonds. The Hall–Kier alpha value is -4.79. The van der Waals surface area contributed by atoms with Crippen LogP contribution in [0.15, 0.2) is 94.1 Å². The molecule has 0 N–H and O–H groups in total. The van der Waals surface area contributed by atoms with E-state index in [0.29, 0.717) is 27.2 Å². The number of amides is 2. The highest BCUT2D eigenvalue weighted by molar-refractivity contribution is 7.22. The number of carbonyl (C=O) groups is 2. The summed E-state index contributed by atoms with van der Waals surface area (Å²) < 4.78 is 6.95. The van der Waals surface area contributed by atoms with Gasteiger partial charge in [0.1, 0.15) is 5.58 Å². The van der Waals surface area contributed by atoms with Crippen molar-refractivity contribution in [2.75, 3.05) is 9.80 Å². The summed E-state index contributed by atoms with van der Waals surface area (Å²) in [4.78, 5) is 51.8. The van der Waals surface area contributed by atoms with E-state index in [-0.39, 0.29) is 28.6 Å². The molecule has 43 heavy (non-hydrogen) atoms. The van der Waals surface area contributed by atoms with E-state index >= 15 is 4.79 Å². The number of para-hydroxylation sites is 1. The number of hydrogen-bond donors (Lipinski definition) is 0. The number of nitrogens with zero attached hydrogens (tertiary/aromatic N) is 3. The van der Waals surface area contributed by atoms with Crippen molar-refractivity contribution in [2.45, 2.75) is 25.9 Å². The van der Waals surface area contributed by atoms with E-state index < -0.39 is 22.8 Å². The Morgan fingerprint density at radius 2 is 1.67 bits per heavy atom. The molecule has 0 saturated carbocycles. The average Bonchev–Trinajstić information content (AvgIpc) is 3.60. The normalized spacial score (nSPS) is 17.5. The number of hydrogen-bond acceptors (Lipinski definition) is 6. The molecule has 4 heterocycles. The number of benzene rings is 4. The number of anilines is 2. The predicted octanol–water partition coefficient (Wildman–Crippen LogP) is 7.12. The summed E-state index contributed by atoms with van der Waals surface area (Å²) in [6, 6.07) is 25.8. The highest BCUT2D eigenvalue weighted by Gasteiger charge is 2.66. The quantitative estimate of drug-likeness (QED) is 0.215. The molecular weight excluding hydrogens is 582 g/mol. The van der Waals surface area contributed by atoms with Crippen molar-refractivity contribution in [3.63, 3.8) is 0 Å². The Balaban J connectivity index is 1.45. The molecule has 4 aromatic carbocycles. The van der Waals surface area contributed by atoms with Gasteiger partial charge in [0.15, 0.2) is 16.1 Å². The lowest BCUT2D eigenvalue weighted by molar-refractivity contribution is -0.121. The van der Waals surface area contributed by atoms with E-state index in [4.69, 9.17) is 21.0 Å². The van der Waals surface area contributed by atoms with Crippen molar-refractivity contribution >= 4 is 66.8 Å². The first-order chi connectivity index (χ1) is 20.8. The molecule has 2 aliphatic rings. The number of aryl methyl sites for hydroxylation is 2. The van der Waals surface area contributed by atoms with Gasteiger partial charge in [0.25, 0.3) is 11.8 Å². The lowest BCUT2D eigenvalue weighted by Gasteiger charge is -2.32. The van der Waals surface area contributed by atoms with Crippen LogP contribution >= 0.6 is 22.9 Å². The van der Waals surface area contributed by atoms with Crippen LogP contribution in [0.4, 0.5) is 10.8 Å². The van der Waals surface area contributed by atoms with Gasteiger partial charge in [0.2, 0.25) is 5.76 Å². The van der Waals surface area contributed by atoms with Crippen LogP contribution in [-0.2, 0) is 16.9 Å². The molecule has 7 nitrogen and oxygen atoms in total. The summed E-state index contributed by atoms with van der Waals surface area (Å²) in [7, 11) is 0. The van der Waals surface area contributed by atoms with E-state index in [9.17, 15) is 9.59 Å². The summed E-state index contributed by atoms with van der Waals surface area (Å²) in [5.74, 6) is -1.17. The maximum absolute atomic E-state index is 15.1. The van der Waals surface area contributed by atoms with Crippen LogP contribution in [0.1, 0.15) is 38.4 Å². The van der Waals surface area contributed by atoms with Crippen molar-refractivity contribution in [1.29, 1.82) is 0 Å². The number of carbonyl (C=O) groups excluding carboxylic acids is 2. The number of fused-ring (bicyclic) bond motifs is 6. The topological polar surface area (TPSA) is 83.7 Å². The Kier molecular flexibility index (Phi) is 5.48. The van der Waals surface area contributed by atoms with Crippen molar-refractivity contribution in [3.8, 4) is 0 Å². The second-order valence-electron chi connectivity index (χ2n) is 11.0. The fraction of sp³-hybridized carbons (Fsp3) is 0.118. The third-order valence-electron chi connectivity index (χ3n) is 8.27. The number of aromatic nitrogens is 1. The number of halogens is 1. The Bertz CT molecular complexity index is 2240. The van der Waals surface area contributed by atoms with E-state index in [1.165, 1.54) is 16.2 Å². The van der Waals surface area contributed by atoms with Gasteiger partial charge in [-0.25, -0.2) is 4.98 Å². The first kappa shape index (κ1) is 25.9. The molecule has 0 saturated heterocycles. The van der Waals surface area contributed by atoms with Crippen LogP contribution < -0.4 is 15.2 Å². The average molecular weight is 604 g/mol. The lowest BCUT2D eigenvalue weighted by atomic mass is 9.84. The van der Waals surface area contributed by atoms with E-state index in [0.717, 1.165) is 21.4 Å². The number of thiazole rings is 1. The van der Waals surface area contributed by atoms with Crippen LogP contribution in [0.2, 0.25) is 5.02 Å². The standard InChI is InChI=1S/C34H22ClN3O4S/c1-18-7-10-20(11-8-18)17-37-25-6-4-3-5-23(25)34(32(37)41)28-29(39)22-15-19(2)9-14-26(22)42-30(28)31(40)38(34)33-36-24-13-12-21(35)16-27(24)43-33/h3-16H,17H2,1-2H3. The molecule has 0 fully saturated rings. The van der Waals surface area contributed by atoms with Crippen LogP contribution in [0.3, 0.4) is 0 Å². The molecule has 9 heteroatoms. The van der Waals surface area contributed by atoms with Gasteiger partial charge < -0.3 is 9.32 Å². The molecule has 1 spiro atoms. The molecule has 210 valence electrons. The molecule has 2 aliphatic heterocycles. The zero-order valence-corrected chi connectivity index (χ0v) is 24.6. The molecule has 2 aromatic heterocycles. The third kappa shape index (κ3) is 3.54. The zero-order chi connectivity index (χ0) is 29.6. The van der Waals surface area contributed by atoms with Gasteiger partial charge in [0, 0.05) is 10.6 Å². The molecule has 0 bridgehead atoms. The first-order valence-corrected chi connectivity index (χ1v) is 14.9. The molecule has 0 aliphatic carbocycles. The summed E-state index contributed by atoms with van der Waals surface area (Å²) >= 11 is 7.52. The SMILES string of the molecule is Cc1ccc(CN2C(=O)C3(c4ccccc42)c2c(oc4ccc(C)cc4c2=O)C(=O)N3c2nc3ccc(Cl)cc3s2)cc1. The molecule has 8 rings (SSSR count). The second-order valence-corrected chi connectivity index (χ2v) is 12.4. The van der Waals surface area contributed by atoms with Gasteiger partial charge in [-0.3, -0.25) is 19.3 Å². The molecule has 1 atom stereocenters. The first-order valence-electron chi connectivity index (χ1n) is 13.7. The van der Waals surface area contributed by atoms with Gasteiger partial charge in [-0.15, -0.1) is 0 Å². The largest absolute Gasteiger partial charge is 0.450 e. The molecule has 0 radical (unpaired) electrons. The monoisotopic (exact) mass is 603 g/mol.